The molecule has 0 unspecified atom stereocenters. The minimum atomic E-state index is -0.140. The van der Waals surface area contributed by atoms with Gasteiger partial charge in [-0.15, -0.1) is 11.3 Å². The van der Waals surface area contributed by atoms with Gasteiger partial charge in [0.25, 0.3) is 5.91 Å². The molecule has 0 aliphatic carbocycles. The Morgan fingerprint density at radius 3 is 2.64 bits per heavy atom. The van der Waals surface area contributed by atoms with Crippen molar-refractivity contribution in [3.63, 3.8) is 0 Å². The summed E-state index contributed by atoms with van der Waals surface area (Å²) >= 11 is 1.40. The number of rotatable bonds is 3. The quantitative estimate of drug-likeness (QED) is 0.599. The van der Waals surface area contributed by atoms with Crippen LogP contribution in [0.3, 0.4) is 0 Å². The fourth-order valence-corrected chi connectivity index (χ4v) is 3.62. The average Bonchev–Trinajstić information content (AvgIpc) is 3.18. The molecule has 0 radical (unpaired) electrons. The Bertz CT molecular complexity index is 1050. The molecule has 0 saturated heterocycles. The van der Waals surface area contributed by atoms with Crippen molar-refractivity contribution < 1.29 is 4.79 Å². The molecule has 0 bridgehead atoms. The highest BCUT2D eigenvalue weighted by atomic mass is 32.1. The molecule has 4 aromatic rings. The fraction of sp³-hybridized carbons (Fsp3) is 0.105. The average molecular weight is 348 g/mol. The summed E-state index contributed by atoms with van der Waals surface area (Å²) in [6.45, 7) is 3.76. The number of aromatic nitrogens is 3. The molecule has 1 amide bonds. The van der Waals surface area contributed by atoms with Gasteiger partial charge in [-0.1, -0.05) is 24.3 Å². The number of aryl methyl sites for hydroxylation is 2. The Labute approximate surface area is 149 Å². The molecule has 1 aromatic carbocycles. The molecular weight excluding hydrogens is 332 g/mol. The van der Waals surface area contributed by atoms with Crippen LogP contribution in [-0.4, -0.2) is 20.3 Å². The summed E-state index contributed by atoms with van der Waals surface area (Å²) in [5, 5.41) is 3.89. The first-order chi connectivity index (χ1) is 12.1. The van der Waals surface area contributed by atoms with E-state index in [4.69, 9.17) is 0 Å². The summed E-state index contributed by atoms with van der Waals surface area (Å²) in [4.78, 5) is 22.3. The second kappa shape index (κ2) is 6.14. The third kappa shape index (κ3) is 2.92. The van der Waals surface area contributed by atoms with E-state index in [9.17, 15) is 4.79 Å². The van der Waals surface area contributed by atoms with Crippen molar-refractivity contribution in [2.45, 2.75) is 13.8 Å². The van der Waals surface area contributed by atoms with E-state index in [0.717, 1.165) is 33.3 Å². The molecule has 0 spiro atoms. The molecule has 0 aliphatic rings. The minimum Gasteiger partial charge on any atom is -0.321 e. The summed E-state index contributed by atoms with van der Waals surface area (Å²) in [5.74, 6) is -0.140. The van der Waals surface area contributed by atoms with Crippen molar-refractivity contribution in [3.8, 4) is 11.3 Å². The Hall–Kier alpha value is -2.99. The number of pyridine rings is 1. The Kier molecular flexibility index (Phi) is 3.82. The van der Waals surface area contributed by atoms with Crippen LogP contribution < -0.4 is 5.32 Å². The monoisotopic (exact) mass is 348 g/mol. The zero-order valence-electron chi connectivity index (χ0n) is 13.9. The number of hydrogen-bond donors (Lipinski definition) is 1. The van der Waals surface area contributed by atoms with E-state index < -0.39 is 0 Å². The van der Waals surface area contributed by atoms with Gasteiger partial charge >= 0.3 is 0 Å². The lowest BCUT2D eigenvalue weighted by molar-refractivity contribution is 0.103. The van der Waals surface area contributed by atoms with Crippen molar-refractivity contribution in [3.05, 3.63) is 70.4 Å². The zero-order valence-corrected chi connectivity index (χ0v) is 14.7. The highest BCUT2D eigenvalue weighted by Crippen LogP contribution is 2.28. The third-order valence-electron chi connectivity index (χ3n) is 3.92. The van der Waals surface area contributed by atoms with Crippen LogP contribution in [0.2, 0.25) is 0 Å². The normalized spacial score (nSPS) is 11.0. The molecule has 4 rings (SSSR count). The van der Waals surface area contributed by atoms with Crippen LogP contribution in [0.1, 0.15) is 20.4 Å². The molecule has 6 heteroatoms. The van der Waals surface area contributed by atoms with Gasteiger partial charge in [0, 0.05) is 18.0 Å². The molecule has 3 heterocycles. The number of hydrogen-bond acceptors (Lipinski definition) is 4. The molecule has 3 aromatic heterocycles. The fourth-order valence-electron chi connectivity index (χ4n) is 2.80. The van der Waals surface area contributed by atoms with Crippen molar-refractivity contribution >= 4 is 28.6 Å². The molecule has 0 saturated carbocycles. The number of benzene rings is 1. The standard InChI is InChI=1S/C19H16N4OS/c1-12-18(25-13(2)20-12)19(24)22-15-8-4-3-7-14(15)16-11-23-10-6-5-9-17(23)21-16/h3-11H,1-2H3,(H,22,24). The van der Waals surface area contributed by atoms with Crippen molar-refractivity contribution in [1.82, 2.24) is 14.4 Å². The van der Waals surface area contributed by atoms with Gasteiger partial charge in [0.2, 0.25) is 0 Å². The first-order valence-electron chi connectivity index (χ1n) is 7.90. The van der Waals surface area contributed by atoms with Crippen LogP contribution in [0.15, 0.2) is 54.9 Å². The zero-order chi connectivity index (χ0) is 17.4. The van der Waals surface area contributed by atoms with E-state index >= 15 is 0 Å². The topological polar surface area (TPSA) is 59.3 Å². The van der Waals surface area contributed by atoms with Gasteiger partial charge < -0.3 is 9.72 Å². The maximum absolute atomic E-state index is 12.6. The van der Waals surface area contributed by atoms with Gasteiger partial charge in [0.05, 0.1) is 22.1 Å². The summed E-state index contributed by atoms with van der Waals surface area (Å²) in [7, 11) is 0. The smallest absolute Gasteiger partial charge is 0.267 e. The Morgan fingerprint density at radius 1 is 1.08 bits per heavy atom. The summed E-state index contributed by atoms with van der Waals surface area (Å²) in [6, 6.07) is 13.6. The van der Waals surface area contributed by atoms with Crippen LogP contribution in [-0.2, 0) is 0 Å². The number of carbonyl (C=O) groups is 1. The number of para-hydroxylation sites is 1. The van der Waals surface area contributed by atoms with Gasteiger partial charge in [-0.2, -0.15) is 0 Å². The van der Waals surface area contributed by atoms with Gasteiger partial charge in [0.15, 0.2) is 0 Å². The number of carbonyl (C=O) groups excluding carboxylic acids is 1. The predicted octanol–water partition coefficient (Wildman–Crippen LogP) is 4.33. The summed E-state index contributed by atoms with van der Waals surface area (Å²) in [5.41, 5.74) is 4.07. The number of anilines is 1. The molecule has 5 nitrogen and oxygen atoms in total. The minimum absolute atomic E-state index is 0.140. The second-order valence-electron chi connectivity index (χ2n) is 5.74. The number of imidazole rings is 1. The molecule has 0 atom stereocenters. The lowest BCUT2D eigenvalue weighted by Crippen LogP contribution is -2.12. The molecule has 124 valence electrons. The van der Waals surface area contributed by atoms with Crippen LogP contribution >= 0.6 is 11.3 Å². The Morgan fingerprint density at radius 2 is 1.88 bits per heavy atom. The molecule has 0 aliphatic heterocycles. The highest BCUT2D eigenvalue weighted by Gasteiger charge is 2.16. The first kappa shape index (κ1) is 15.5. The first-order valence-corrected chi connectivity index (χ1v) is 8.72. The van der Waals surface area contributed by atoms with E-state index in [0.29, 0.717) is 4.88 Å². The number of nitrogens with zero attached hydrogens (tertiary/aromatic N) is 3. The van der Waals surface area contributed by atoms with E-state index in [2.05, 4.69) is 15.3 Å². The van der Waals surface area contributed by atoms with Gasteiger partial charge in [-0.3, -0.25) is 4.79 Å². The molecule has 1 N–H and O–H groups in total. The van der Waals surface area contributed by atoms with E-state index in [-0.39, 0.29) is 5.91 Å². The Balaban J connectivity index is 1.71. The van der Waals surface area contributed by atoms with E-state index in [1.807, 2.05) is 73.1 Å². The van der Waals surface area contributed by atoms with Crippen molar-refractivity contribution in [1.29, 1.82) is 0 Å². The van der Waals surface area contributed by atoms with E-state index in [1.54, 1.807) is 0 Å². The summed E-state index contributed by atoms with van der Waals surface area (Å²) < 4.78 is 1.96. The number of amides is 1. The van der Waals surface area contributed by atoms with Crippen molar-refractivity contribution in [2.24, 2.45) is 0 Å². The van der Waals surface area contributed by atoms with E-state index in [1.165, 1.54) is 11.3 Å². The lowest BCUT2D eigenvalue weighted by atomic mass is 10.1. The number of fused-ring (bicyclic) bond motifs is 1. The van der Waals surface area contributed by atoms with Gasteiger partial charge in [0.1, 0.15) is 10.5 Å². The number of thiazole rings is 1. The lowest BCUT2D eigenvalue weighted by Gasteiger charge is -2.08. The second-order valence-corrected chi connectivity index (χ2v) is 6.94. The molecule has 25 heavy (non-hydrogen) atoms. The summed E-state index contributed by atoms with van der Waals surface area (Å²) in [6.07, 6.45) is 3.92. The number of nitrogens with one attached hydrogen (secondary N) is 1. The molecule has 0 fully saturated rings. The van der Waals surface area contributed by atoms with Gasteiger partial charge in [-0.05, 0) is 32.0 Å². The van der Waals surface area contributed by atoms with Crippen LogP contribution in [0.4, 0.5) is 5.69 Å². The maximum Gasteiger partial charge on any atom is 0.267 e. The SMILES string of the molecule is Cc1nc(C)c(C(=O)Nc2ccccc2-c2cn3ccccc3n2)s1. The molecular formula is C19H16N4OS. The van der Waals surface area contributed by atoms with Crippen LogP contribution in [0, 0.1) is 13.8 Å². The van der Waals surface area contributed by atoms with Crippen LogP contribution in [0.25, 0.3) is 16.9 Å². The van der Waals surface area contributed by atoms with Crippen molar-refractivity contribution in [2.75, 3.05) is 5.32 Å². The van der Waals surface area contributed by atoms with Gasteiger partial charge in [-0.25, -0.2) is 9.97 Å². The highest BCUT2D eigenvalue weighted by molar-refractivity contribution is 7.13. The van der Waals surface area contributed by atoms with Crippen LogP contribution in [0.5, 0.6) is 0 Å². The third-order valence-corrected chi connectivity index (χ3v) is 5.00. The predicted molar refractivity (Wildman–Crippen MR) is 100 cm³/mol. The maximum atomic E-state index is 12.6. The largest absolute Gasteiger partial charge is 0.321 e.